The predicted octanol–water partition coefficient (Wildman–Crippen LogP) is 1.32. The van der Waals surface area contributed by atoms with Gasteiger partial charge < -0.3 is 10.4 Å². The minimum atomic E-state index is 0. The van der Waals surface area contributed by atoms with E-state index in [1.165, 1.54) is 25.7 Å². The summed E-state index contributed by atoms with van der Waals surface area (Å²) in [6, 6.07) is 0. The molecular weight excluding hydrogens is 174 g/mol. The molecule has 3 heteroatoms. The van der Waals surface area contributed by atoms with E-state index in [0.29, 0.717) is 5.41 Å². The van der Waals surface area contributed by atoms with E-state index >= 15 is 0 Å². The summed E-state index contributed by atoms with van der Waals surface area (Å²) < 4.78 is 0. The normalized spacial score (nSPS) is 33.2. The Labute approximate surface area is 80.1 Å². The molecule has 2 rings (SSSR count). The fraction of sp³-hybridized carbons (Fsp3) is 1.00. The molecule has 0 aromatic carbocycles. The lowest BCUT2D eigenvalue weighted by atomic mass is 9.76. The van der Waals surface area contributed by atoms with Crippen LogP contribution in [0.5, 0.6) is 0 Å². The molecule has 1 saturated heterocycles. The monoisotopic (exact) mass is 191 g/mol. The van der Waals surface area contributed by atoms with Crippen molar-refractivity contribution in [3.8, 4) is 0 Å². The van der Waals surface area contributed by atoms with Crippen LogP contribution < -0.4 is 5.32 Å². The number of aliphatic hydroxyl groups is 1. The van der Waals surface area contributed by atoms with Crippen molar-refractivity contribution >= 4 is 12.4 Å². The van der Waals surface area contributed by atoms with Gasteiger partial charge in [-0.3, -0.25) is 0 Å². The fourth-order valence-electron chi connectivity index (χ4n) is 2.63. The lowest BCUT2D eigenvalue weighted by Gasteiger charge is -2.36. The Morgan fingerprint density at radius 2 is 1.83 bits per heavy atom. The van der Waals surface area contributed by atoms with Gasteiger partial charge in [0.2, 0.25) is 0 Å². The molecule has 0 aromatic heterocycles. The summed E-state index contributed by atoms with van der Waals surface area (Å²) >= 11 is 0. The molecule has 1 aliphatic heterocycles. The van der Waals surface area contributed by atoms with Crippen molar-refractivity contribution in [2.75, 3.05) is 13.1 Å². The molecule has 1 atom stereocenters. The van der Waals surface area contributed by atoms with Crippen molar-refractivity contribution in [3.05, 3.63) is 0 Å². The average Bonchev–Trinajstić information content (AvgIpc) is 2.36. The van der Waals surface area contributed by atoms with Crippen molar-refractivity contribution < 1.29 is 5.11 Å². The summed E-state index contributed by atoms with van der Waals surface area (Å²) in [4.78, 5) is 0. The maximum Gasteiger partial charge on any atom is 0.0597 e. The smallest absolute Gasteiger partial charge is 0.0597 e. The van der Waals surface area contributed by atoms with E-state index in [1.54, 1.807) is 0 Å². The summed E-state index contributed by atoms with van der Waals surface area (Å²) in [5.74, 6) is 0. The first-order chi connectivity index (χ1) is 5.33. The maximum absolute atomic E-state index is 9.78. The topological polar surface area (TPSA) is 32.3 Å². The molecule has 2 nitrogen and oxygen atoms in total. The highest BCUT2D eigenvalue weighted by Gasteiger charge is 2.42. The van der Waals surface area contributed by atoms with Gasteiger partial charge in [0, 0.05) is 0 Å². The van der Waals surface area contributed by atoms with E-state index in [-0.39, 0.29) is 18.5 Å². The molecule has 1 saturated carbocycles. The van der Waals surface area contributed by atoms with Gasteiger partial charge in [0.1, 0.15) is 0 Å². The van der Waals surface area contributed by atoms with Gasteiger partial charge in [0.15, 0.2) is 0 Å². The van der Waals surface area contributed by atoms with Crippen molar-refractivity contribution in [2.24, 2.45) is 5.41 Å². The largest absolute Gasteiger partial charge is 0.393 e. The second-order valence-corrected chi connectivity index (χ2v) is 4.02. The van der Waals surface area contributed by atoms with E-state index in [1.807, 2.05) is 0 Å². The molecule has 1 spiro atoms. The summed E-state index contributed by atoms with van der Waals surface area (Å²) in [7, 11) is 0. The molecule has 0 unspecified atom stereocenters. The lowest BCUT2D eigenvalue weighted by Crippen LogP contribution is -2.41. The zero-order valence-corrected chi connectivity index (χ0v) is 8.20. The average molecular weight is 192 g/mol. The molecule has 2 fully saturated rings. The molecule has 12 heavy (non-hydrogen) atoms. The van der Waals surface area contributed by atoms with E-state index < -0.39 is 0 Å². The van der Waals surface area contributed by atoms with Crippen LogP contribution in [-0.2, 0) is 0 Å². The van der Waals surface area contributed by atoms with Gasteiger partial charge in [-0.1, -0.05) is 6.42 Å². The molecule has 2 aliphatic rings. The highest BCUT2D eigenvalue weighted by atomic mass is 35.5. The summed E-state index contributed by atoms with van der Waals surface area (Å²) in [5.41, 5.74) is 0.325. The van der Waals surface area contributed by atoms with Crippen molar-refractivity contribution in [2.45, 2.75) is 38.2 Å². The number of rotatable bonds is 0. The Hall–Kier alpha value is 0.210. The second-order valence-electron chi connectivity index (χ2n) is 4.02. The second kappa shape index (κ2) is 3.95. The van der Waals surface area contributed by atoms with Gasteiger partial charge in [-0.15, -0.1) is 12.4 Å². The Morgan fingerprint density at radius 3 is 2.33 bits per heavy atom. The number of piperidine rings is 1. The summed E-state index contributed by atoms with van der Waals surface area (Å²) in [5, 5.41) is 13.1. The third-order valence-electron chi connectivity index (χ3n) is 3.46. The zero-order valence-electron chi connectivity index (χ0n) is 7.38. The van der Waals surface area contributed by atoms with Crippen LogP contribution in [0.1, 0.15) is 32.1 Å². The fourth-order valence-corrected chi connectivity index (χ4v) is 2.63. The van der Waals surface area contributed by atoms with E-state index in [0.717, 1.165) is 19.5 Å². The van der Waals surface area contributed by atoms with Gasteiger partial charge in [-0.2, -0.15) is 0 Å². The third-order valence-corrected chi connectivity index (χ3v) is 3.46. The van der Waals surface area contributed by atoms with E-state index in [9.17, 15) is 5.11 Å². The first-order valence-corrected chi connectivity index (χ1v) is 4.72. The first-order valence-electron chi connectivity index (χ1n) is 4.72. The Morgan fingerprint density at radius 1 is 1.17 bits per heavy atom. The van der Waals surface area contributed by atoms with Crippen LogP contribution in [0.15, 0.2) is 0 Å². The predicted molar refractivity (Wildman–Crippen MR) is 51.6 cm³/mol. The Bertz CT molecular complexity index is 145. The molecule has 72 valence electrons. The highest BCUT2D eigenvalue weighted by molar-refractivity contribution is 5.85. The standard InChI is InChI=1S/C9H17NO.ClH/c11-8-2-1-3-9(8)4-6-10-7-5-9;/h8,10-11H,1-7H2;1H/t8-;/m0./s1. The first kappa shape index (κ1) is 10.3. The molecule has 0 radical (unpaired) electrons. The van der Waals surface area contributed by atoms with Crippen molar-refractivity contribution in [3.63, 3.8) is 0 Å². The van der Waals surface area contributed by atoms with Crippen LogP contribution in [-0.4, -0.2) is 24.3 Å². The van der Waals surface area contributed by atoms with Gasteiger partial charge >= 0.3 is 0 Å². The summed E-state index contributed by atoms with van der Waals surface area (Å²) in [6.45, 7) is 2.22. The molecule has 0 aromatic rings. The van der Waals surface area contributed by atoms with Crippen molar-refractivity contribution in [1.29, 1.82) is 0 Å². The van der Waals surface area contributed by atoms with Crippen LogP contribution in [0.3, 0.4) is 0 Å². The molecule has 1 heterocycles. The minimum absolute atomic E-state index is 0. The van der Waals surface area contributed by atoms with E-state index in [4.69, 9.17) is 0 Å². The lowest BCUT2D eigenvalue weighted by molar-refractivity contribution is 0.0286. The van der Waals surface area contributed by atoms with Crippen LogP contribution >= 0.6 is 12.4 Å². The van der Waals surface area contributed by atoms with Gasteiger partial charge in [0.25, 0.3) is 0 Å². The Kier molecular flexibility index (Phi) is 3.38. The van der Waals surface area contributed by atoms with Crippen LogP contribution in [0, 0.1) is 5.41 Å². The quantitative estimate of drug-likeness (QED) is 0.606. The van der Waals surface area contributed by atoms with Crippen LogP contribution in [0.2, 0.25) is 0 Å². The third kappa shape index (κ3) is 1.61. The summed E-state index contributed by atoms with van der Waals surface area (Å²) in [6.07, 6.45) is 5.92. The number of nitrogens with one attached hydrogen (secondary N) is 1. The Balaban J connectivity index is 0.000000720. The molecular formula is C9H18ClNO. The minimum Gasteiger partial charge on any atom is -0.393 e. The van der Waals surface area contributed by atoms with Gasteiger partial charge in [0.05, 0.1) is 6.10 Å². The maximum atomic E-state index is 9.78. The number of hydrogen-bond acceptors (Lipinski definition) is 2. The molecule has 0 bridgehead atoms. The van der Waals surface area contributed by atoms with Crippen LogP contribution in [0.4, 0.5) is 0 Å². The number of aliphatic hydroxyl groups excluding tert-OH is 1. The number of halogens is 1. The highest BCUT2D eigenvalue weighted by Crippen LogP contribution is 2.44. The molecule has 0 amide bonds. The van der Waals surface area contributed by atoms with Crippen molar-refractivity contribution in [1.82, 2.24) is 5.32 Å². The number of hydrogen-bond donors (Lipinski definition) is 2. The van der Waals surface area contributed by atoms with Crippen LogP contribution in [0.25, 0.3) is 0 Å². The van der Waals surface area contributed by atoms with Gasteiger partial charge in [-0.05, 0) is 44.2 Å². The molecule has 2 N–H and O–H groups in total. The SMILES string of the molecule is Cl.O[C@H]1CCCC12CCNCC2. The van der Waals surface area contributed by atoms with Gasteiger partial charge in [-0.25, -0.2) is 0 Å². The van der Waals surface area contributed by atoms with E-state index in [2.05, 4.69) is 5.32 Å². The zero-order chi connectivity index (χ0) is 7.73. The molecule has 1 aliphatic carbocycles.